The van der Waals surface area contributed by atoms with Crippen molar-refractivity contribution in [1.82, 2.24) is 10.2 Å². The number of aromatic nitrogens is 2. The third-order valence-electron chi connectivity index (χ3n) is 3.51. The molecule has 1 unspecified atom stereocenters. The summed E-state index contributed by atoms with van der Waals surface area (Å²) in [6.07, 6.45) is 3.05. The number of aryl methyl sites for hydroxylation is 1. The Morgan fingerprint density at radius 3 is 2.56 bits per heavy atom. The van der Waals surface area contributed by atoms with E-state index in [1.807, 2.05) is 13.1 Å². The second kappa shape index (κ2) is 5.71. The van der Waals surface area contributed by atoms with E-state index >= 15 is 0 Å². The van der Waals surface area contributed by atoms with Gasteiger partial charge in [-0.25, -0.2) is 0 Å². The quantitative estimate of drug-likeness (QED) is 0.837. The predicted octanol–water partition coefficient (Wildman–Crippen LogP) is 3.84. The number of aromatic amines is 1. The van der Waals surface area contributed by atoms with Crippen LogP contribution in [0.3, 0.4) is 0 Å². The highest BCUT2D eigenvalue weighted by Crippen LogP contribution is 2.20. The monoisotopic (exact) mass is 243 g/mol. The molecular weight excluding hydrogens is 222 g/mol. The maximum Gasteiger partial charge on any atom is 0.0539 e. The summed E-state index contributed by atoms with van der Waals surface area (Å²) in [5.74, 6) is 0.634. The van der Waals surface area contributed by atoms with Crippen LogP contribution in [0.2, 0.25) is 0 Å². The van der Waals surface area contributed by atoms with Gasteiger partial charge in [0.15, 0.2) is 0 Å². The zero-order valence-electron chi connectivity index (χ0n) is 11.3. The second-order valence-corrected chi connectivity index (χ2v) is 4.81. The Kier molecular flexibility index (Phi) is 4.03. The Hall–Kier alpha value is -1.77. The normalized spacial score (nSPS) is 12.4. The first kappa shape index (κ1) is 12.7. The fourth-order valence-electron chi connectivity index (χ4n) is 1.92. The largest absolute Gasteiger partial charge is 0.381 e. The van der Waals surface area contributed by atoms with Crippen LogP contribution in [0.4, 0.5) is 5.69 Å². The summed E-state index contributed by atoms with van der Waals surface area (Å²) in [5.41, 5.74) is 4.89. The van der Waals surface area contributed by atoms with Crippen LogP contribution in [-0.4, -0.2) is 10.2 Å². The molecule has 1 aromatic carbocycles. The van der Waals surface area contributed by atoms with Crippen LogP contribution >= 0.6 is 0 Å². The average Bonchev–Trinajstić information content (AvgIpc) is 2.81. The first-order valence-corrected chi connectivity index (χ1v) is 6.53. The lowest BCUT2D eigenvalue weighted by Gasteiger charge is -2.11. The van der Waals surface area contributed by atoms with Crippen LogP contribution < -0.4 is 5.32 Å². The summed E-state index contributed by atoms with van der Waals surface area (Å²) in [7, 11) is 0. The van der Waals surface area contributed by atoms with Gasteiger partial charge in [-0.2, -0.15) is 5.10 Å². The molecule has 96 valence electrons. The molecule has 1 aromatic heterocycles. The lowest BCUT2D eigenvalue weighted by Crippen LogP contribution is -2.00. The highest BCUT2D eigenvalue weighted by Gasteiger charge is 2.03. The summed E-state index contributed by atoms with van der Waals surface area (Å²) >= 11 is 0. The maximum atomic E-state index is 4.02. The third kappa shape index (κ3) is 2.92. The van der Waals surface area contributed by atoms with Crippen molar-refractivity contribution < 1.29 is 0 Å². The average molecular weight is 243 g/mol. The molecule has 0 bridgehead atoms. The molecule has 1 atom stereocenters. The van der Waals surface area contributed by atoms with Crippen LogP contribution in [0.5, 0.6) is 0 Å². The lowest BCUT2D eigenvalue weighted by atomic mass is 9.99. The predicted molar refractivity (Wildman–Crippen MR) is 75.8 cm³/mol. The molecule has 0 saturated heterocycles. The molecule has 0 aliphatic rings. The van der Waals surface area contributed by atoms with Gasteiger partial charge in [-0.3, -0.25) is 5.10 Å². The van der Waals surface area contributed by atoms with E-state index in [0.717, 1.165) is 17.9 Å². The number of hydrogen-bond acceptors (Lipinski definition) is 2. The van der Waals surface area contributed by atoms with Crippen molar-refractivity contribution in [1.29, 1.82) is 0 Å². The summed E-state index contributed by atoms with van der Waals surface area (Å²) in [6, 6.07) is 8.71. The lowest BCUT2D eigenvalue weighted by molar-refractivity contribution is 0.734. The van der Waals surface area contributed by atoms with Crippen molar-refractivity contribution in [2.75, 3.05) is 5.32 Å². The van der Waals surface area contributed by atoms with E-state index in [9.17, 15) is 0 Å². The highest BCUT2D eigenvalue weighted by atomic mass is 15.1. The fraction of sp³-hybridized carbons (Fsp3) is 0.400. The van der Waals surface area contributed by atoms with E-state index < -0.39 is 0 Å². The smallest absolute Gasteiger partial charge is 0.0539 e. The van der Waals surface area contributed by atoms with Crippen LogP contribution in [0.1, 0.15) is 43.0 Å². The molecule has 0 aliphatic heterocycles. The molecule has 2 N–H and O–H groups in total. The van der Waals surface area contributed by atoms with E-state index in [1.54, 1.807) is 0 Å². The number of H-pyrrole nitrogens is 1. The van der Waals surface area contributed by atoms with E-state index in [-0.39, 0.29) is 0 Å². The molecule has 3 nitrogen and oxygen atoms in total. The number of hydrogen-bond donors (Lipinski definition) is 2. The molecule has 0 radical (unpaired) electrons. The van der Waals surface area contributed by atoms with Gasteiger partial charge in [-0.15, -0.1) is 0 Å². The summed E-state index contributed by atoms with van der Waals surface area (Å²) < 4.78 is 0. The number of nitrogens with zero attached hydrogens (tertiary/aromatic N) is 1. The molecule has 2 rings (SSSR count). The van der Waals surface area contributed by atoms with Crippen LogP contribution in [-0.2, 0) is 6.54 Å². The van der Waals surface area contributed by atoms with Crippen LogP contribution in [0.25, 0.3) is 0 Å². The van der Waals surface area contributed by atoms with Crippen molar-refractivity contribution in [3.63, 3.8) is 0 Å². The van der Waals surface area contributed by atoms with Gasteiger partial charge >= 0.3 is 0 Å². The van der Waals surface area contributed by atoms with Crippen LogP contribution in [0, 0.1) is 6.92 Å². The SMILES string of the molecule is CCC(C)c1ccc(NCc2cn[nH]c2C)cc1. The summed E-state index contributed by atoms with van der Waals surface area (Å²) in [5, 5.41) is 10.4. The Balaban J connectivity index is 1.96. The summed E-state index contributed by atoms with van der Waals surface area (Å²) in [6.45, 7) is 7.33. The van der Waals surface area contributed by atoms with Crippen molar-refractivity contribution in [3.05, 3.63) is 47.3 Å². The van der Waals surface area contributed by atoms with Crippen molar-refractivity contribution in [2.45, 2.75) is 39.7 Å². The van der Waals surface area contributed by atoms with E-state index in [4.69, 9.17) is 0 Å². The molecule has 18 heavy (non-hydrogen) atoms. The van der Waals surface area contributed by atoms with Crippen molar-refractivity contribution in [3.8, 4) is 0 Å². The zero-order chi connectivity index (χ0) is 13.0. The standard InChI is InChI=1S/C15H21N3/c1-4-11(2)13-5-7-15(8-6-13)16-9-14-10-17-18-12(14)3/h5-8,10-11,16H,4,9H2,1-3H3,(H,17,18). The number of nitrogens with one attached hydrogen (secondary N) is 2. The molecule has 0 spiro atoms. The Morgan fingerprint density at radius 1 is 1.28 bits per heavy atom. The highest BCUT2D eigenvalue weighted by molar-refractivity contribution is 5.45. The number of benzene rings is 1. The number of anilines is 1. The fourth-order valence-corrected chi connectivity index (χ4v) is 1.92. The maximum absolute atomic E-state index is 4.02. The Bertz CT molecular complexity index is 485. The minimum absolute atomic E-state index is 0.634. The van der Waals surface area contributed by atoms with Crippen molar-refractivity contribution in [2.24, 2.45) is 0 Å². The molecule has 0 saturated carbocycles. The van der Waals surface area contributed by atoms with E-state index in [0.29, 0.717) is 5.92 Å². The molecule has 0 aliphatic carbocycles. The molecule has 2 aromatic rings. The van der Waals surface area contributed by atoms with Gasteiger partial charge in [0, 0.05) is 23.5 Å². The first-order valence-electron chi connectivity index (χ1n) is 6.53. The van der Waals surface area contributed by atoms with Gasteiger partial charge in [0.25, 0.3) is 0 Å². The summed E-state index contributed by atoms with van der Waals surface area (Å²) in [4.78, 5) is 0. The minimum Gasteiger partial charge on any atom is -0.381 e. The van der Waals surface area contributed by atoms with Gasteiger partial charge < -0.3 is 5.32 Å². The van der Waals surface area contributed by atoms with Crippen molar-refractivity contribution >= 4 is 5.69 Å². The second-order valence-electron chi connectivity index (χ2n) is 4.81. The first-order chi connectivity index (χ1) is 8.70. The van der Waals surface area contributed by atoms with Gasteiger partial charge in [-0.1, -0.05) is 26.0 Å². The molecule has 3 heteroatoms. The minimum atomic E-state index is 0.634. The van der Waals surface area contributed by atoms with Gasteiger partial charge in [-0.05, 0) is 37.0 Å². The molecule has 0 fully saturated rings. The van der Waals surface area contributed by atoms with E-state index in [1.165, 1.54) is 17.5 Å². The molecular formula is C15H21N3. The Morgan fingerprint density at radius 2 is 2.00 bits per heavy atom. The number of rotatable bonds is 5. The van der Waals surface area contributed by atoms with Crippen LogP contribution in [0.15, 0.2) is 30.5 Å². The molecule has 1 heterocycles. The molecule has 0 amide bonds. The Labute approximate surface area is 109 Å². The third-order valence-corrected chi connectivity index (χ3v) is 3.51. The van der Waals surface area contributed by atoms with E-state index in [2.05, 4.69) is 53.6 Å². The van der Waals surface area contributed by atoms with Gasteiger partial charge in [0.2, 0.25) is 0 Å². The zero-order valence-corrected chi connectivity index (χ0v) is 11.3. The van der Waals surface area contributed by atoms with Gasteiger partial charge in [0.1, 0.15) is 0 Å². The topological polar surface area (TPSA) is 40.7 Å². The van der Waals surface area contributed by atoms with Gasteiger partial charge in [0.05, 0.1) is 6.20 Å².